The highest BCUT2D eigenvalue weighted by molar-refractivity contribution is 5.71. The molecule has 0 saturated carbocycles. The topological polar surface area (TPSA) is 78.9 Å². The molecule has 0 spiro atoms. The van der Waals surface area contributed by atoms with Gasteiger partial charge in [-0.3, -0.25) is 14.4 Å². The Balaban J connectivity index is 4.37. The first-order valence-electron chi connectivity index (χ1n) is 33.2. The van der Waals surface area contributed by atoms with Gasteiger partial charge in [0, 0.05) is 19.3 Å². The van der Waals surface area contributed by atoms with Gasteiger partial charge in [0.1, 0.15) is 13.2 Å². The van der Waals surface area contributed by atoms with E-state index in [-0.39, 0.29) is 37.5 Å². The molecular formula is C74H122O6. The van der Waals surface area contributed by atoms with E-state index >= 15 is 0 Å². The molecule has 0 aliphatic carbocycles. The Morgan fingerprint density at radius 2 is 0.500 bits per heavy atom. The van der Waals surface area contributed by atoms with E-state index in [4.69, 9.17) is 14.2 Å². The number of carbonyl (C=O) groups is 3. The minimum Gasteiger partial charge on any atom is -0.462 e. The van der Waals surface area contributed by atoms with Crippen molar-refractivity contribution in [1.82, 2.24) is 0 Å². The number of rotatable bonds is 59. The van der Waals surface area contributed by atoms with Crippen molar-refractivity contribution >= 4 is 17.9 Å². The van der Waals surface area contributed by atoms with Gasteiger partial charge in [0.2, 0.25) is 0 Å². The average molecular weight is 1110 g/mol. The monoisotopic (exact) mass is 1110 g/mol. The summed E-state index contributed by atoms with van der Waals surface area (Å²) < 4.78 is 16.9. The molecule has 80 heavy (non-hydrogen) atoms. The lowest BCUT2D eigenvalue weighted by molar-refractivity contribution is -0.167. The quantitative estimate of drug-likeness (QED) is 0.0261. The Hall–Kier alpha value is -4.45. The minimum absolute atomic E-state index is 0.0978. The summed E-state index contributed by atoms with van der Waals surface area (Å²) in [5.41, 5.74) is 0. The third-order valence-corrected chi connectivity index (χ3v) is 13.9. The molecule has 454 valence electrons. The van der Waals surface area contributed by atoms with Crippen molar-refractivity contribution in [1.29, 1.82) is 0 Å². The summed E-state index contributed by atoms with van der Waals surface area (Å²) in [7, 11) is 0. The average Bonchev–Trinajstić information content (AvgIpc) is 3.46. The summed E-state index contributed by atoms with van der Waals surface area (Å²) in [4.78, 5) is 38.2. The second-order valence-electron chi connectivity index (χ2n) is 21.6. The van der Waals surface area contributed by atoms with Crippen molar-refractivity contribution < 1.29 is 28.6 Å². The minimum atomic E-state index is -0.806. The van der Waals surface area contributed by atoms with Crippen molar-refractivity contribution in [2.75, 3.05) is 13.2 Å². The molecule has 0 amide bonds. The first-order valence-corrected chi connectivity index (χ1v) is 33.2. The van der Waals surface area contributed by atoms with Gasteiger partial charge in [0.15, 0.2) is 6.10 Å². The van der Waals surface area contributed by atoms with Crippen LogP contribution in [0, 0.1) is 0 Å². The zero-order valence-corrected chi connectivity index (χ0v) is 52.0. The van der Waals surface area contributed by atoms with Gasteiger partial charge in [-0.25, -0.2) is 0 Å². The van der Waals surface area contributed by atoms with Crippen LogP contribution >= 0.6 is 0 Å². The van der Waals surface area contributed by atoms with Gasteiger partial charge < -0.3 is 14.2 Å². The van der Waals surface area contributed by atoms with E-state index in [0.29, 0.717) is 19.3 Å². The standard InChI is InChI=1S/C74H122O6/c1-4-7-10-13-16-19-22-24-26-28-30-32-34-35-36-37-38-39-41-42-44-46-48-50-52-55-58-61-64-67-73(76)79-70-71(69-78-72(75)66-63-60-57-54-21-18-15-12-9-6-3)80-74(77)68-65-62-59-56-53-51-49-47-45-43-40-33-31-29-27-25-23-20-17-14-11-8-5-2/h7,10,16,19,23-26,29-32,35-36,38-39,42,44,48,50,55,58,71H,4-6,8-9,11-15,17-18,20-22,27-28,33-34,37,40-41,43,45-47,49,51-54,56-57,59-70H2,1-3H3/b10-7-,19-16-,25-23-,26-24-,31-29-,32-30-,36-35-,39-38-,44-42-,50-48-,58-55-. The van der Waals surface area contributed by atoms with Crippen LogP contribution in [0.2, 0.25) is 0 Å². The highest BCUT2D eigenvalue weighted by atomic mass is 16.6. The maximum atomic E-state index is 12.9. The number of hydrogen-bond acceptors (Lipinski definition) is 6. The molecule has 0 heterocycles. The molecule has 0 fully saturated rings. The second kappa shape index (κ2) is 67.1. The SMILES string of the molecule is CC/C=C\C/C=C\C/C=C\C/C=C\C/C=C\C/C=C\C/C=C\C/C=C\C/C=C\CCCC(=O)OCC(COC(=O)CCCCCCCCCCCC)OC(=O)CCCCCCCCCCCCC/C=C\C/C=C\CCCCCCC. The number of esters is 3. The van der Waals surface area contributed by atoms with E-state index in [0.717, 1.165) is 109 Å². The molecule has 0 aromatic carbocycles. The first kappa shape index (κ1) is 75.5. The Morgan fingerprint density at radius 1 is 0.263 bits per heavy atom. The molecule has 0 aliphatic heterocycles. The lowest BCUT2D eigenvalue weighted by atomic mass is 10.0. The molecule has 6 nitrogen and oxygen atoms in total. The highest BCUT2D eigenvalue weighted by Crippen LogP contribution is 2.16. The molecule has 0 saturated heterocycles. The second-order valence-corrected chi connectivity index (χ2v) is 21.6. The molecule has 0 bridgehead atoms. The van der Waals surface area contributed by atoms with Crippen LogP contribution in [0.25, 0.3) is 0 Å². The Bertz CT molecular complexity index is 1700. The number of ether oxygens (including phenoxy) is 3. The third-order valence-electron chi connectivity index (χ3n) is 13.9. The predicted octanol–water partition coefficient (Wildman–Crippen LogP) is 22.9. The van der Waals surface area contributed by atoms with Crippen LogP contribution in [0.3, 0.4) is 0 Å². The van der Waals surface area contributed by atoms with Gasteiger partial charge in [-0.15, -0.1) is 0 Å². The summed E-state index contributed by atoms with van der Waals surface area (Å²) in [6.45, 7) is 6.47. The van der Waals surface area contributed by atoms with Gasteiger partial charge >= 0.3 is 17.9 Å². The molecular weight excluding hydrogens is 985 g/mol. The van der Waals surface area contributed by atoms with Crippen LogP contribution in [-0.2, 0) is 28.6 Å². The van der Waals surface area contributed by atoms with Crippen LogP contribution in [0.4, 0.5) is 0 Å². The zero-order chi connectivity index (χ0) is 57.8. The fourth-order valence-corrected chi connectivity index (χ4v) is 8.95. The number of unbranched alkanes of at least 4 members (excludes halogenated alkanes) is 26. The van der Waals surface area contributed by atoms with Crippen LogP contribution in [0.5, 0.6) is 0 Å². The van der Waals surface area contributed by atoms with Gasteiger partial charge in [-0.1, -0.05) is 296 Å². The van der Waals surface area contributed by atoms with Crippen LogP contribution in [0.1, 0.15) is 297 Å². The van der Waals surface area contributed by atoms with E-state index in [1.807, 2.05) is 0 Å². The van der Waals surface area contributed by atoms with Crippen LogP contribution < -0.4 is 0 Å². The molecule has 0 aromatic heterocycles. The van der Waals surface area contributed by atoms with Crippen molar-refractivity contribution in [3.05, 3.63) is 134 Å². The van der Waals surface area contributed by atoms with E-state index in [1.54, 1.807) is 0 Å². The van der Waals surface area contributed by atoms with Crippen LogP contribution in [0.15, 0.2) is 134 Å². The van der Waals surface area contributed by atoms with Gasteiger partial charge in [-0.2, -0.15) is 0 Å². The lowest BCUT2D eigenvalue weighted by Crippen LogP contribution is -2.30. The van der Waals surface area contributed by atoms with E-state index < -0.39 is 6.10 Å². The normalized spacial score (nSPS) is 13.0. The molecule has 0 aromatic rings. The number of allylic oxidation sites excluding steroid dienone is 22. The maximum Gasteiger partial charge on any atom is 0.306 e. The lowest BCUT2D eigenvalue weighted by Gasteiger charge is -2.18. The molecule has 0 radical (unpaired) electrons. The van der Waals surface area contributed by atoms with E-state index in [1.165, 1.54) is 141 Å². The fourth-order valence-electron chi connectivity index (χ4n) is 8.95. The highest BCUT2D eigenvalue weighted by Gasteiger charge is 2.19. The Morgan fingerprint density at radius 3 is 0.812 bits per heavy atom. The van der Waals surface area contributed by atoms with Crippen molar-refractivity contribution in [2.45, 2.75) is 303 Å². The zero-order valence-electron chi connectivity index (χ0n) is 52.0. The summed E-state index contributed by atoms with van der Waals surface area (Å²) in [5.74, 6) is -0.960. The molecule has 0 N–H and O–H groups in total. The Kier molecular flexibility index (Phi) is 63.3. The van der Waals surface area contributed by atoms with E-state index in [2.05, 4.69) is 154 Å². The molecule has 6 heteroatoms. The Labute approximate surface area is 494 Å². The van der Waals surface area contributed by atoms with E-state index in [9.17, 15) is 14.4 Å². The molecule has 0 rings (SSSR count). The maximum absolute atomic E-state index is 12.9. The first-order chi connectivity index (χ1) is 39.5. The van der Waals surface area contributed by atoms with Gasteiger partial charge in [0.05, 0.1) is 0 Å². The summed E-state index contributed by atoms with van der Waals surface area (Å²) in [5, 5.41) is 0. The summed E-state index contributed by atoms with van der Waals surface area (Å²) in [6, 6.07) is 0. The van der Waals surface area contributed by atoms with Gasteiger partial charge in [-0.05, 0) is 116 Å². The fraction of sp³-hybridized carbons (Fsp3) is 0.662. The predicted molar refractivity (Wildman–Crippen MR) is 348 cm³/mol. The van der Waals surface area contributed by atoms with Crippen LogP contribution in [-0.4, -0.2) is 37.2 Å². The smallest absolute Gasteiger partial charge is 0.306 e. The van der Waals surface area contributed by atoms with Crippen molar-refractivity contribution in [3.8, 4) is 0 Å². The van der Waals surface area contributed by atoms with Crippen molar-refractivity contribution in [3.63, 3.8) is 0 Å². The molecule has 1 atom stereocenters. The largest absolute Gasteiger partial charge is 0.462 e. The number of hydrogen-bond donors (Lipinski definition) is 0. The summed E-state index contributed by atoms with van der Waals surface area (Å²) >= 11 is 0. The number of carbonyl (C=O) groups excluding carboxylic acids is 3. The molecule has 1 unspecified atom stereocenters. The van der Waals surface area contributed by atoms with Gasteiger partial charge in [0.25, 0.3) is 0 Å². The summed E-state index contributed by atoms with van der Waals surface area (Å²) in [6.07, 6.45) is 94.7. The van der Waals surface area contributed by atoms with Crippen molar-refractivity contribution in [2.24, 2.45) is 0 Å². The third kappa shape index (κ3) is 64.4. The molecule has 0 aliphatic rings.